The maximum atomic E-state index is 13.3. The van der Waals surface area contributed by atoms with Gasteiger partial charge in [0.05, 0.1) is 5.69 Å². The molecule has 1 N–H and O–H groups in total. The molecule has 3 aromatic rings. The van der Waals surface area contributed by atoms with Crippen molar-refractivity contribution in [2.45, 2.75) is 13.5 Å². The van der Waals surface area contributed by atoms with Crippen molar-refractivity contribution in [3.8, 4) is 0 Å². The molecule has 4 amide bonds. The summed E-state index contributed by atoms with van der Waals surface area (Å²) in [7, 11) is 0. The Morgan fingerprint density at radius 2 is 1.77 bits per heavy atom. The number of fused-ring (bicyclic) bond motifs is 1. The fourth-order valence-electron chi connectivity index (χ4n) is 3.63. The predicted molar refractivity (Wildman–Crippen MR) is 112 cm³/mol. The van der Waals surface area contributed by atoms with E-state index in [9.17, 15) is 18.8 Å². The lowest BCUT2D eigenvalue weighted by Gasteiger charge is -2.26. The van der Waals surface area contributed by atoms with Gasteiger partial charge in [0, 0.05) is 28.7 Å². The summed E-state index contributed by atoms with van der Waals surface area (Å²) >= 11 is 0. The van der Waals surface area contributed by atoms with Crippen LogP contribution in [0.2, 0.25) is 0 Å². The highest BCUT2D eigenvalue weighted by Crippen LogP contribution is 2.29. The summed E-state index contributed by atoms with van der Waals surface area (Å²) in [6.07, 6.45) is 3.27. The van der Waals surface area contributed by atoms with Gasteiger partial charge in [0.15, 0.2) is 0 Å². The number of carbonyl (C=O) groups is 3. The van der Waals surface area contributed by atoms with Crippen LogP contribution in [-0.4, -0.2) is 22.4 Å². The van der Waals surface area contributed by atoms with Gasteiger partial charge in [-0.1, -0.05) is 24.3 Å². The Hall–Kier alpha value is -4.00. The Morgan fingerprint density at radius 3 is 2.47 bits per heavy atom. The number of urea groups is 1. The summed E-state index contributed by atoms with van der Waals surface area (Å²) in [5.41, 5.74) is 2.50. The van der Waals surface area contributed by atoms with Gasteiger partial charge in [-0.25, -0.2) is 14.1 Å². The summed E-state index contributed by atoms with van der Waals surface area (Å²) in [5, 5.41) is 3.06. The molecule has 7 heteroatoms. The van der Waals surface area contributed by atoms with E-state index < -0.39 is 23.7 Å². The molecule has 0 spiro atoms. The molecule has 0 unspecified atom stereocenters. The number of aromatic nitrogens is 1. The SMILES string of the molecule is C=CCn1c(C)c(/C=C2/C(=O)NC(=O)N(c3ccc(F)cc3)C2=O)c2ccccc21. The van der Waals surface area contributed by atoms with Crippen LogP contribution in [0.3, 0.4) is 0 Å². The van der Waals surface area contributed by atoms with Gasteiger partial charge in [-0.3, -0.25) is 14.9 Å². The molecule has 0 atom stereocenters. The van der Waals surface area contributed by atoms with Gasteiger partial charge < -0.3 is 4.57 Å². The van der Waals surface area contributed by atoms with Crippen molar-refractivity contribution in [2.24, 2.45) is 0 Å². The lowest BCUT2D eigenvalue weighted by atomic mass is 10.0. The van der Waals surface area contributed by atoms with Crippen molar-refractivity contribution in [3.05, 3.63) is 83.8 Å². The summed E-state index contributed by atoms with van der Waals surface area (Å²) in [6.45, 7) is 6.24. The first-order valence-electron chi connectivity index (χ1n) is 9.28. The highest BCUT2D eigenvalue weighted by Gasteiger charge is 2.37. The number of barbiturate groups is 1. The van der Waals surface area contributed by atoms with Crippen molar-refractivity contribution in [1.82, 2.24) is 9.88 Å². The highest BCUT2D eigenvalue weighted by atomic mass is 19.1. The maximum Gasteiger partial charge on any atom is 0.335 e. The molecule has 150 valence electrons. The number of anilines is 1. The maximum absolute atomic E-state index is 13.3. The number of nitrogens with zero attached hydrogens (tertiary/aromatic N) is 2. The monoisotopic (exact) mass is 403 g/mol. The van der Waals surface area contributed by atoms with E-state index in [1.807, 2.05) is 35.8 Å². The number of halogens is 1. The second-order valence-electron chi connectivity index (χ2n) is 6.85. The van der Waals surface area contributed by atoms with Crippen LogP contribution in [0.1, 0.15) is 11.3 Å². The number of hydrogen-bond acceptors (Lipinski definition) is 3. The molecule has 1 aliphatic heterocycles. The van der Waals surface area contributed by atoms with Crippen LogP contribution in [0, 0.1) is 12.7 Å². The second-order valence-corrected chi connectivity index (χ2v) is 6.85. The number of nitrogens with one attached hydrogen (secondary N) is 1. The van der Waals surface area contributed by atoms with Crippen molar-refractivity contribution < 1.29 is 18.8 Å². The highest BCUT2D eigenvalue weighted by molar-refractivity contribution is 6.39. The smallest absolute Gasteiger partial charge is 0.335 e. The number of benzene rings is 2. The molecule has 30 heavy (non-hydrogen) atoms. The fraction of sp³-hybridized carbons (Fsp3) is 0.0870. The minimum Gasteiger partial charge on any atom is -0.340 e. The average Bonchev–Trinajstić information content (AvgIpc) is 2.98. The minimum absolute atomic E-state index is 0.170. The van der Waals surface area contributed by atoms with Gasteiger partial charge in [0.2, 0.25) is 0 Å². The first-order chi connectivity index (χ1) is 14.4. The fourth-order valence-corrected chi connectivity index (χ4v) is 3.63. The van der Waals surface area contributed by atoms with Gasteiger partial charge in [0.1, 0.15) is 11.4 Å². The summed E-state index contributed by atoms with van der Waals surface area (Å²) in [6, 6.07) is 11.7. The molecule has 1 fully saturated rings. The molecule has 6 nitrogen and oxygen atoms in total. The van der Waals surface area contributed by atoms with Gasteiger partial charge in [-0.15, -0.1) is 6.58 Å². The van der Waals surface area contributed by atoms with Crippen molar-refractivity contribution in [2.75, 3.05) is 4.90 Å². The van der Waals surface area contributed by atoms with E-state index >= 15 is 0 Å². The lowest BCUT2D eigenvalue weighted by Crippen LogP contribution is -2.54. The first-order valence-corrected chi connectivity index (χ1v) is 9.28. The Bertz CT molecular complexity index is 1240. The van der Waals surface area contributed by atoms with Crippen LogP contribution in [0.4, 0.5) is 14.9 Å². The van der Waals surface area contributed by atoms with Crippen LogP contribution in [0.15, 0.2) is 66.8 Å². The third kappa shape index (κ3) is 3.10. The van der Waals surface area contributed by atoms with Crippen LogP contribution >= 0.6 is 0 Å². The second kappa shape index (κ2) is 7.44. The normalized spacial score (nSPS) is 15.7. The summed E-state index contributed by atoms with van der Waals surface area (Å²) in [4.78, 5) is 38.7. The quantitative estimate of drug-likeness (QED) is 0.407. The van der Waals surface area contributed by atoms with E-state index in [2.05, 4.69) is 11.9 Å². The molecule has 1 aromatic heterocycles. The Morgan fingerprint density at radius 1 is 1.07 bits per heavy atom. The summed E-state index contributed by atoms with van der Waals surface area (Å²) < 4.78 is 15.3. The number of imide groups is 2. The van der Waals surface area contributed by atoms with Crippen molar-refractivity contribution in [3.63, 3.8) is 0 Å². The van der Waals surface area contributed by atoms with Gasteiger partial charge in [-0.2, -0.15) is 0 Å². The standard InChI is InChI=1S/C23H18FN3O3/c1-3-12-26-14(2)18(17-6-4-5-7-20(17)26)13-19-21(28)25-23(30)27(22(19)29)16-10-8-15(24)9-11-16/h3-11,13H,1,12H2,2H3,(H,25,28,30)/b19-13-. The zero-order chi connectivity index (χ0) is 21.4. The molecule has 1 aliphatic rings. The van der Waals surface area contributed by atoms with E-state index in [1.165, 1.54) is 18.2 Å². The molecule has 1 saturated heterocycles. The van der Waals surface area contributed by atoms with E-state index in [1.54, 1.807) is 6.08 Å². The number of rotatable bonds is 4. The molecule has 0 saturated carbocycles. The van der Waals surface area contributed by atoms with Crippen molar-refractivity contribution in [1.29, 1.82) is 0 Å². The van der Waals surface area contributed by atoms with Crippen LogP contribution < -0.4 is 10.2 Å². The largest absolute Gasteiger partial charge is 0.340 e. The number of hydrogen-bond donors (Lipinski definition) is 1. The predicted octanol–water partition coefficient (Wildman–Crippen LogP) is 3.94. The first kappa shape index (κ1) is 19.3. The third-order valence-corrected chi connectivity index (χ3v) is 5.07. The Labute approximate surface area is 171 Å². The molecule has 0 aliphatic carbocycles. The third-order valence-electron chi connectivity index (χ3n) is 5.07. The number of amides is 4. The molecule has 0 radical (unpaired) electrons. The van der Waals surface area contributed by atoms with Crippen molar-refractivity contribution >= 4 is 40.5 Å². The van der Waals surface area contributed by atoms with Crippen LogP contribution in [0.25, 0.3) is 17.0 Å². The molecule has 0 bridgehead atoms. The summed E-state index contributed by atoms with van der Waals surface area (Å²) in [5.74, 6) is -2.04. The topological polar surface area (TPSA) is 71.4 Å². The van der Waals surface area contributed by atoms with Crippen LogP contribution in [0.5, 0.6) is 0 Å². The zero-order valence-corrected chi connectivity index (χ0v) is 16.2. The zero-order valence-electron chi connectivity index (χ0n) is 16.2. The Balaban J connectivity index is 1.85. The molecule has 4 rings (SSSR count). The molecule has 2 aromatic carbocycles. The van der Waals surface area contributed by atoms with E-state index in [4.69, 9.17) is 0 Å². The van der Waals surface area contributed by atoms with E-state index in [0.717, 1.165) is 33.6 Å². The van der Waals surface area contributed by atoms with Gasteiger partial charge in [-0.05, 0) is 43.3 Å². The molecule has 2 heterocycles. The number of para-hydroxylation sites is 1. The average molecular weight is 403 g/mol. The number of allylic oxidation sites excluding steroid dienone is 1. The van der Waals surface area contributed by atoms with E-state index in [-0.39, 0.29) is 11.3 Å². The van der Waals surface area contributed by atoms with E-state index in [0.29, 0.717) is 12.1 Å². The van der Waals surface area contributed by atoms with Gasteiger partial charge >= 0.3 is 6.03 Å². The van der Waals surface area contributed by atoms with Gasteiger partial charge in [0.25, 0.3) is 11.8 Å². The van der Waals surface area contributed by atoms with Crippen LogP contribution in [-0.2, 0) is 16.1 Å². The molecular weight excluding hydrogens is 385 g/mol. The Kier molecular flexibility index (Phi) is 4.79. The minimum atomic E-state index is -0.875. The lowest BCUT2D eigenvalue weighted by molar-refractivity contribution is -0.122. The molecular formula is C23H18FN3O3. The number of carbonyl (C=O) groups excluding carboxylic acids is 3.